The Balaban J connectivity index is 1.48. The maximum Gasteiger partial charge on any atom is 0.233 e. The number of methoxy groups -OCH3 is 1. The van der Waals surface area contributed by atoms with Gasteiger partial charge in [-0.15, -0.1) is 0 Å². The van der Waals surface area contributed by atoms with Crippen molar-refractivity contribution in [2.75, 3.05) is 39.9 Å². The molecule has 2 saturated heterocycles. The summed E-state index contributed by atoms with van der Waals surface area (Å²) < 4.78 is 5.27. The number of benzene rings is 1. The van der Waals surface area contributed by atoms with Gasteiger partial charge in [0.05, 0.1) is 12.0 Å². The number of hydrogen-bond acceptors (Lipinski definition) is 3. The molecule has 1 unspecified atom stereocenters. The third-order valence-corrected chi connectivity index (χ3v) is 6.69. The average Bonchev–Trinajstić information content (AvgIpc) is 3.43. The van der Waals surface area contributed by atoms with E-state index < -0.39 is 0 Å². The van der Waals surface area contributed by atoms with E-state index in [1.165, 1.54) is 24.0 Å². The third kappa shape index (κ3) is 2.89. The Hall–Kier alpha value is -1.39. The van der Waals surface area contributed by atoms with Crippen LogP contribution in [0.25, 0.3) is 0 Å². The molecule has 0 radical (unpaired) electrons. The molecule has 1 aromatic carbocycles. The first-order valence-electron chi connectivity index (χ1n) is 9.70. The van der Waals surface area contributed by atoms with E-state index in [1.54, 1.807) is 7.11 Å². The van der Waals surface area contributed by atoms with Gasteiger partial charge in [0.25, 0.3) is 0 Å². The number of aryl methyl sites for hydroxylation is 1. The summed E-state index contributed by atoms with van der Waals surface area (Å²) in [5, 5.41) is 0. The van der Waals surface area contributed by atoms with E-state index in [0.29, 0.717) is 5.91 Å². The highest BCUT2D eigenvalue weighted by atomic mass is 16.5. The Kier molecular flexibility index (Phi) is 4.37. The van der Waals surface area contributed by atoms with Crippen molar-refractivity contribution in [2.24, 2.45) is 0 Å². The number of hydrogen-bond donors (Lipinski definition) is 0. The fourth-order valence-electron chi connectivity index (χ4n) is 4.81. The van der Waals surface area contributed by atoms with Crippen molar-refractivity contribution < 1.29 is 9.53 Å². The van der Waals surface area contributed by atoms with E-state index in [1.807, 2.05) is 0 Å². The van der Waals surface area contributed by atoms with Gasteiger partial charge in [-0.25, -0.2) is 0 Å². The van der Waals surface area contributed by atoms with Gasteiger partial charge in [-0.1, -0.05) is 29.8 Å². The largest absolute Gasteiger partial charge is 0.383 e. The standard InChI is InChI=1S/C21H30N2O2/c1-17-4-6-18(7-5-17)21(9-10-21)19(24)22-12-3-8-20(16-22)11-13-23(20)14-15-25-2/h4-7H,3,8-16H2,1-2H3. The van der Waals surface area contributed by atoms with Crippen LogP contribution in [-0.4, -0.2) is 61.1 Å². The smallest absolute Gasteiger partial charge is 0.233 e. The molecule has 0 aromatic heterocycles. The molecule has 1 atom stereocenters. The Morgan fingerprint density at radius 1 is 1.12 bits per heavy atom. The first-order chi connectivity index (χ1) is 12.1. The number of carbonyl (C=O) groups is 1. The van der Waals surface area contributed by atoms with Crippen LogP contribution in [0, 0.1) is 6.92 Å². The van der Waals surface area contributed by atoms with Crippen molar-refractivity contribution in [3.63, 3.8) is 0 Å². The monoisotopic (exact) mass is 342 g/mol. The number of nitrogens with zero attached hydrogens (tertiary/aromatic N) is 2. The summed E-state index contributed by atoms with van der Waals surface area (Å²) in [4.78, 5) is 18.1. The van der Waals surface area contributed by atoms with E-state index in [-0.39, 0.29) is 11.0 Å². The van der Waals surface area contributed by atoms with Crippen molar-refractivity contribution in [2.45, 2.75) is 50.0 Å². The molecule has 0 bridgehead atoms. The van der Waals surface area contributed by atoms with Crippen molar-refractivity contribution >= 4 is 5.91 Å². The van der Waals surface area contributed by atoms with Crippen molar-refractivity contribution in [1.82, 2.24) is 9.80 Å². The summed E-state index contributed by atoms with van der Waals surface area (Å²) >= 11 is 0. The van der Waals surface area contributed by atoms with Crippen LogP contribution in [-0.2, 0) is 14.9 Å². The van der Waals surface area contributed by atoms with E-state index in [9.17, 15) is 4.79 Å². The van der Waals surface area contributed by atoms with Gasteiger partial charge in [-0.2, -0.15) is 0 Å². The fourth-order valence-corrected chi connectivity index (χ4v) is 4.81. The fraction of sp³-hybridized carbons (Fsp3) is 0.667. The number of amides is 1. The van der Waals surface area contributed by atoms with Gasteiger partial charge in [0.1, 0.15) is 0 Å². The summed E-state index contributed by atoms with van der Waals surface area (Å²) in [6.07, 6.45) is 5.58. The maximum absolute atomic E-state index is 13.4. The predicted molar refractivity (Wildman–Crippen MR) is 98.7 cm³/mol. The Morgan fingerprint density at radius 2 is 1.88 bits per heavy atom. The molecule has 1 spiro atoms. The Bertz CT molecular complexity index is 638. The molecule has 1 aromatic rings. The van der Waals surface area contributed by atoms with Gasteiger partial charge in [-0.05, 0) is 44.6 Å². The molecule has 3 aliphatic rings. The van der Waals surface area contributed by atoms with Crippen molar-refractivity contribution in [3.8, 4) is 0 Å². The second-order valence-corrected chi connectivity index (χ2v) is 8.23. The normalized spacial score (nSPS) is 28.0. The first-order valence-corrected chi connectivity index (χ1v) is 9.70. The Morgan fingerprint density at radius 3 is 2.48 bits per heavy atom. The van der Waals surface area contributed by atoms with Crippen LogP contribution in [0.1, 0.15) is 43.2 Å². The van der Waals surface area contributed by atoms with E-state index in [4.69, 9.17) is 4.74 Å². The minimum absolute atomic E-state index is 0.218. The van der Waals surface area contributed by atoms with Gasteiger partial charge < -0.3 is 9.64 Å². The molecular formula is C21H30N2O2. The lowest BCUT2D eigenvalue weighted by atomic mass is 9.77. The van der Waals surface area contributed by atoms with Crippen LogP contribution in [0.5, 0.6) is 0 Å². The van der Waals surface area contributed by atoms with Crippen LogP contribution < -0.4 is 0 Å². The number of piperidine rings is 1. The lowest BCUT2D eigenvalue weighted by Crippen LogP contribution is -2.68. The highest BCUT2D eigenvalue weighted by Crippen LogP contribution is 2.50. The van der Waals surface area contributed by atoms with Gasteiger partial charge >= 0.3 is 0 Å². The van der Waals surface area contributed by atoms with Crippen LogP contribution in [0.15, 0.2) is 24.3 Å². The third-order valence-electron chi connectivity index (χ3n) is 6.69. The van der Waals surface area contributed by atoms with Gasteiger partial charge in [-0.3, -0.25) is 9.69 Å². The SMILES string of the molecule is COCCN1CCC12CCCN(C(=O)C1(c3ccc(C)cc3)CC1)C2. The second kappa shape index (κ2) is 6.40. The number of rotatable bonds is 5. The molecule has 3 fully saturated rings. The van der Waals surface area contributed by atoms with Crippen LogP contribution in [0.2, 0.25) is 0 Å². The summed E-state index contributed by atoms with van der Waals surface area (Å²) in [5.74, 6) is 0.369. The first kappa shape index (κ1) is 17.0. The van der Waals surface area contributed by atoms with Crippen molar-refractivity contribution in [3.05, 3.63) is 35.4 Å². The van der Waals surface area contributed by atoms with E-state index >= 15 is 0 Å². The lowest BCUT2D eigenvalue weighted by molar-refractivity contribution is -0.143. The van der Waals surface area contributed by atoms with Crippen molar-refractivity contribution in [1.29, 1.82) is 0 Å². The topological polar surface area (TPSA) is 32.8 Å². The molecule has 4 rings (SSSR count). The van der Waals surface area contributed by atoms with Gasteiger partial charge in [0.15, 0.2) is 0 Å². The van der Waals surface area contributed by atoms with E-state index in [2.05, 4.69) is 41.0 Å². The number of ether oxygens (including phenoxy) is 1. The highest BCUT2D eigenvalue weighted by Gasteiger charge is 2.55. The minimum atomic E-state index is -0.229. The molecule has 1 amide bonds. The zero-order valence-corrected chi connectivity index (χ0v) is 15.6. The molecule has 1 aliphatic carbocycles. The molecule has 2 aliphatic heterocycles. The van der Waals surface area contributed by atoms with Crippen LogP contribution in [0.3, 0.4) is 0 Å². The lowest BCUT2D eigenvalue weighted by Gasteiger charge is -2.57. The summed E-state index contributed by atoms with van der Waals surface area (Å²) in [6, 6.07) is 8.60. The predicted octanol–water partition coefficient (Wildman–Crippen LogP) is 2.74. The van der Waals surface area contributed by atoms with Gasteiger partial charge in [0, 0.05) is 38.8 Å². The average molecular weight is 342 g/mol. The number of carbonyl (C=O) groups excluding carboxylic acids is 1. The Labute approximate surface area is 151 Å². The summed E-state index contributed by atoms with van der Waals surface area (Å²) in [5.41, 5.74) is 2.46. The van der Waals surface area contributed by atoms with E-state index in [0.717, 1.165) is 52.0 Å². The zero-order chi connectivity index (χ0) is 17.5. The molecule has 4 nitrogen and oxygen atoms in total. The molecule has 1 saturated carbocycles. The quantitative estimate of drug-likeness (QED) is 0.825. The molecule has 4 heteroatoms. The molecule has 2 heterocycles. The van der Waals surface area contributed by atoms with Crippen LogP contribution >= 0.6 is 0 Å². The number of likely N-dealkylation sites (tertiary alicyclic amines) is 2. The minimum Gasteiger partial charge on any atom is -0.383 e. The maximum atomic E-state index is 13.4. The summed E-state index contributed by atoms with van der Waals surface area (Å²) in [7, 11) is 1.77. The van der Waals surface area contributed by atoms with Crippen LogP contribution in [0.4, 0.5) is 0 Å². The molecule has 25 heavy (non-hydrogen) atoms. The van der Waals surface area contributed by atoms with Gasteiger partial charge in [0.2, 0.25) is 5.91 Å². The second-order valence-electron chi connectivity index (χ2n) is 8.23. The molecule has 0 N–H and O–H groups in total. The summed E-state index contributed by atoms with van der Waals surface area (Å²) in [6.45, 7) is 6.85. The highest BCUT2D eigenvalue weighted by molar-refractivity contribution is 5.91. The molecular weight excluding hydrogens is 312 g/mol. The molecule has 136 valence electrons. The zero-order valence-electron chi connectivity index (χ0n) is 15.6.